The lowest BCUT2D eigenvalue weighted by Gasteiger charge is -2.18. The molecule has 68 heavy (non-hydrogen) atoms. The summed E-state index contributed by atoms with van der Waals surface area (Å²) >= 11 is 0. The Morgan fingerprint density at radius 2 is 0.529 bits per heavy atom. The fraction of sp³-hybridized carbons (Fsp3) is 0.887. The number of hydrogen-bond donors (Lipinski definition) is 0. The Morgan fingerprint density at radius 1 is 0.294 bits per heavy atom. The summed E-state index contributed by atoms with van der Waals surface area (Å²) in [6, 6.07) is 0. The second kappa shape index (κ2) is 57.5. The first-order valence-corrected chi connectivity index (χ1v) is 30.3. The summed E-state index contributed by atoms with van der Waals surface area (Å²) in [6.45, 7) is 6.62. The number of hydrogen-bond acceptors (Lipinski definition) is 6. The third kappa shape index (κ3) is 54.8. The van der Waals surface area contributed by atoms with Gasteiger partial charge in [0.25, 0.3) is 0 Å². The summed E-state index contributed by atoms with van der Waals surface area (Å²) in [4.78, 5) is 38.0. The molecule has 0 spiro atoms. The molecule has 1 atom stereocenters. The topological polar surface area (TPSA) is 78.9 Å². The van der Waals surface area contributed by atoms with Gasteiger partial charge in [0.15, 0.2) is 6.10 Å². The maximum Gasteiger partial charge on any atom is 0.306 e. The SMILES string of the molecule is CCCCC/C=C\C/C=C\CCCCCCCCCCCC(=O)OC(COC(=O)CCCCCCCCC)COC(=O)CCCCCCCCCCCCCCCCCCCCCCCCCC. The van der Waals surface area contributed by atoms with E-state index in [1.165, 1.54) is 231 Å². The second-order valence-corrected chi connectivity index (χ2v) is 20.6. The van der Waals surface area contributed by atoms with Crippen LogP contribution in [0.4, 0.5) is 0 Å². The van der Waals surface area contributed by atoms with Gasteiger partial charge < -0.3 is 14.2 Å². The van der Waals surface area contributed by atoms with Gasteiger partial charge in [0.2, 0.25) is 0 Å². The molecule has 0 heterocycles. The average molecular weight is 958 g/mol. The fourth-order valence-corrected chi connectivity index (χ4v) is 9.12. The maximum absolute atomic E-state index is 12.8. The average Bonchev–Trinajstić information content (AvgIpc) is 3.34. The Kier molecular flexibility index (Phi) is 55.7. The monoisotopic (exact) mass is 957 g/mol. The van der Waals surface area contributed by atoms with Crippen LogP contribution in [-0.2, 0) is 28.6 Å². The standard InChI is InChI=1S/C62H116O6/c1-4-7-10-13-16-18-20-22-24-26-28-29-30-31-32-34-35-37-39-41-43-46-49-52-55-61(64)67-58-59(57-66-60(63)54-51-48-45-15-12-9-6-3)68-62(65)56-53-50-47-44-42-40-38-36-33-27-25-23-21-19-17-14-11-8-5-2/h17,19,23,25,59H,4-16,18,20-22,24,26-58H2,1-3H3/b19-17-,25-23-. The fourth-order valence-electron chi connectivity index (χ4n) is 9.12. The summed E-state index contributed by atoms with van der Waals surface area (Å²) in [6.07, 6.45) is 67.8. The minimum Gasteiger partial charge on any atom is -0.462 e. The highest BCUT2D eigenvalue weighted by Crippen LogP contribution is 2.18. The Labute approximate surface area is 423 Å². The van der Waals surface area contributed by atoms with Crippen molar-refractivity contribution in [1.29, 1.82) is 0 Å². The quantitative estimate of drug-likeness (QED) is 0.0262. The highest BCUT2D eigenvalue weighted by molar-refractivity contribution is 5.71. The lowest BCUT2D eigenvalue weighted by atomic mass is 10.0. The smallest absolute Gasteiger partial charge is 0.306 e. The number of unbranched alkanes of at least 4 members (excludes halogenated alkanes) is 41. The normalized spacial score (nSPS) is 12.1. The van der Waals surface area contributed by atoms with E-state index in [0.29, 0.717) is 19.3 Å². The van der Waals surface area contributed by atoms with Crippen LogP contribution >= 0.6 is 0 Å². The molecule has 0 aliphatic heterocycles. The summed E-state index contributed by atoms with van der Waals surface area (Å²) < 4.78 is 16.8. The highest BCUT2D eigenvalue weighted by Gasteiger charge is 2.19. The van der Waals surface area contributed by atoms with Crippen LogP contribution in [0.1, 0.15) is 335 Å². The zero-order valence-electron chi connectivity index (χ0n) is 45.9. The number of ether oxygens (including phenoxy) is 3. The van der Waals surface area contributed by atoms with Crippen LogP contribution in [0.5, 0.6) is 0 Å². The minimum atomic E-state index is -0.767. The lowest BCUT2D eigenvalue weighted by Crippen LogP contribution is -2.30. The molecule has 400 valence electrons. The van der Waals surface area contributed by atoms with E-state index in [1.54, 1.807) is 0 Å². The van der Waals surface area contributed by atoms with Crippen LogP contribution in [0.3, 0.4) is 0 Å². The largest absolute Gasteiger partial charge is 0.462 e. The van der Waals surface area contributed by atoms with E-state index in [9.17, 15) is 14.4 Å². The first kappa shape index (κ1) is 65.9. The Hall–Kier alpha value is -2.11. The Morgan fingerprint density at radius 3 is 0.838 bits per heavy atom. The lowest BCUT2D eigenvalue weighted by molar-refractivity contribution is -0.167. The predicted molar refractivity (Wildman–Crippen MR) is 293 cm³/mol. The van der Waals surface area contributed by atoms with Crippen molar-refractivity contribution in [2.45, 2.75) is 341 Å². The van der Waals surface area contributed by atoms with Crippen molar-refractivity contribution >= 4 is 17.9 Å². The van der Waals surface area contributed by atoms with Gasteiger partial charge in [-0.25, -0.2) is 0 Å². The van der Waals surface area contributed by atoms with E-state index in [2.05, 4.69) is 45.1 Å². The first-order valence-electron chi connectivity index (χ1n) is 30.3. The van der Waals surface area contributed by atoms with Crippen LogP contribution < -0.4 is 0 Å². The van der Waals surface area contributed by atoms with E-state index in [0.717, 1.165) is 64.2 Å². The van der Waals surface area contributed by atoms with Crippen LogP contribution in [-0.4, -0.2) is 37.2 Å². The number of carbonyl (C=O) groups is 3. The van der Waals surface area contributed by atoms with E-state index < -0.39 is 6.10 Å². The van der Waals surface area contributed by atoms with Crippen molar-refractivity contribution in [2.75, 3.05) is 13.2 Å². The van der Waals surface area contributed by atoms with Crippen molar-refractivity contribution in [3.8, 4) is 0 Å². The van der Waals surface area contributed by atoms with Gasteiger partial charge in [0.1, 0.15) is 13.2 Å². The number of carbonyl (C=O) groups excluding carboxylic acids is 3. The molecule has 0 aromatic heterocycles. The van der Waals surface area contributed by atoms with Crippen LogP contribution in [0.2, 0.25) is 0 Å². The van der Waals surface area contributed by atoms with Crippen molar-refractivity contribution in [3.63, 3.8) is 0 Å². The van der Waals surface area contributed by atoms with Crippen LogP contribution in [0, 0.1) is 0 Å². The van der Waals surface area contributed by atoms with E-state index >= 15 is 0 Å². The molecule has 0 aliphatic rings. The zero-order chi connectivity index (χ0) is 49.3. The molecule has 0 radical (unpaired) electrons. The van der Waals surface area contributed by atoms with Crippen LogP contribution in [0.15, 0.2) is 24.3 Å². The highest BCUT2D eigenvalue weighted by atomic mass is 16.6. The van der Waals surface area contributed by atoms with Crippen molar-refractivity contribution in [2.24, 2.45) is 0 Å². The summed E-state index contributed by atoms with van der Waals surface area (Å²) in [5.74, 6) is -0.858. The molecule has 0 fully saturated rings. The molecular formula is C62H116O6. The first-order chi connectivity index (χ1) is 33.5. The third-order valence-corrected chi connectivity index (χ3v) is 13.7. The maximum atomic E-state index is 12.8. The Bertz CT molecular complexity index is 1100. The molecule has 0 rings (SSSR count). The minimum absolute atomic E-state index is 0.0679. The number of rotatable bonds is 56. The number of allylic oxidation sites excluding steroid dienone is 4. The van der Waals surface area contributed by atoms with Gasteiger partial charge in [-0.2, -0.15) is 0 Å². The van der Waals surface area contributed by atoms with Gasteiger partial charge >= 0.3 is 17.9 Å². The predicted octanol–water partition coefficient (Wildman–Crippen LogP) is 20.3. The second-order valence-electron chi connectivity index (χ2n) is 20.6. The zero-order valence-corrected chi connectivity index (χ0v) is 45.9. The van der Waals surface area contributed by atoms with Crippen molar-refractivity contribution in [1.82, 2.24) is 0 Å². The molecule has 0 aliphatic carbocycles. The molecule has 1 unspecified atom stereocenters. The third-order valence-electron chi connectivity index (χ3n) is 13.7. The van der Waals surface area contributed by atoms with Crippen molar-refractivity contribution < 1.29 is 28.6 Å². The molecule has 0 saturated carbocycles. The molecule has 0 aromatic rings. The molecular weight excluding hydrogens is 841 g/mol. The van der Waals surface area contributed by atoms with Crippen LogP contribution in [0.25, 0.3) is 0 Å². The van der Waals surface area contributed by atoms with Gasteiger partial charge in [0.05, 0.1) is 0 Å². The molecule has 0 saturated heterocycles. The molecule has 0 amide bonds. The summed E-state index contributed by atoms with van der Waals surface area (Å²) in [5.41, 5.74) is 0. The van der Waals surface area contributed by atoms with Gasteiger partial charge in [-0.3, -0.25) is 14.4 Å². The van der Waals surface area contributed by atoms with Gasteiger partial charge in [-0.05, 0) is 51.4 Å². The molecule has 0 aromatic carbocycles. The summed E-state index contributed by atoms with van der Waals surface area (Å²) in [7, 11) is 0. The number of esters is 3. The van der Waals surface area contributed by atoms with Gasteiger partial charge in [0, 0.05) is 19.3 Å². The summed E-state index contributed by atoms with van der Waals surface area (Å²) in [5, 5.41) is 0. The van der Waals surface area contributed by atoms with Crippen molar-refractivity contribution in [3.05, 3.63) is 24.3 Å². The van der Waals surface area contributed by atoms with E-state index in [4.69, 9.17) is 14.2 Å². The Balaban J connectivity index is 4.10. The van der Waals surface area contributed by atoms with E-state index in [1.807, 2.05) is 0 Å². The molecule has 6 heteroatoms. The van der Waals surface area contributed by atoms with Gasteiger partial charge in [-0.1, -0.05) is 289 Å². The van der Waals surface area contributed by atoms with Gasteiger partial charge in [-0.15, -0.1) is 0 Å². The molecule has 6 nitrogen and oxygen atoms in total. The molecule has 0 N–H and O–H groups in total. The van der Waals surface area contributed by atoms with E-state index in [-0.39, 0.29) is 31.1 Å². The molecule has 0 bridgehead atoms.